The number of hydrogen-bond acceptors (Lipinski definition) is 4. The van der Waals surface area contributed by atoms with Crippen LogP contribution in [0.15, 0.2) is 11.7 Å². The highest BCUT2D eigenvalue weighted by Gasteiger charge is 2.45. The molecule has 0 aromatic carbocycles. The molecule has 3 aliphatic rings. The summed E-state index contributed by atoms with van der Waals surface area (Å²) >= 11 is 1.67. The first-order valence-corrected chi connectivity index (χ1v) is 11.0. The molecule has 1 aliphatic carbocycles. The molecule has 138 valence electrons. The lowest BCUT2D eigenvalue weighted by Gasteiger charge is -2.38. The molecule has 4 nitrogen and oxygen atoms in total. The third-order valence-corrected chi connectivity index (χ3v) is 7.49. The Bertz CT molecular complexity index is 570. The number of carbonyl (C=O) groups excluding carboxylic acids is 1. The zero-order chi connectivity index (χ0) is 17.1. The van der Waals surface area contributed by atoms with Crippen molar-refractivity contribution in [2.24, 2.45) is 5.92 Å². The first-order chi connectivity index (χ1) is 12.3. The Morgan fingerprint density at radius 1 is 1.12 bits per heavy atom. The van der Waals surface area contributed by atoms with Gasteiger partial charge in [-0.15, -0.1) is 11.3 Å². The van der Waals surface area contributed by atoms with E-state index in [9.17, 15) is 4.79 Å². The highest BCUT2D eigenvalue weighted by atomic mass is 32.1. The highest BCUT2D eigenvalue weighted by Crippen LogP contribution is 2.40. The summed E-state index contributed by atoms with van der Waals surface area (Å²) in [6, 6.07) is 0. The number of thiazole rings is 1. The van der Waals surface area contributed by atoms with Crippen LogP contribution >= 0.6 is 11.3 Å². The molecule has 0 N–H and O–H groups in total. The summed E-state index contributed by atoms with van der Waals surface area (Å²) in [6.07, 6.45) is 14.4. The topological polar surface area (TPSA) is 36.4 Å². The highest BCUT2D eigenvalue weighted by molar-refractivity contribution is 7.09. The Hall–Kier alpha value is -0.940. The predicted molar refractivity (Wildman–Crippen MR) is 101 cm³/mol. The van der Waals surface area contributed by atoms with Crippen LogP contribution < -0.4 is 0 Å². The van der Waals surface area contributed by atoms with Crippen molar-refractivity contribution < 1.29 is 4.79 Å². The smallest absolute Gasteiger partial charge is 0.223 e. The molecule has 0 bridgehead atoms. The summed E-state index contributed by atoms with van der Waals surface area (Å²) < 4.78 is 0. The van der Waals surface area contributed by atoms with E-state index >= 15 is 0 Å². The van der Waals surface area contributed by atoms with Gasteiger partial charge in [-0.25, -0.2) is 0 Å². The van der Waals surface area contributed by atoms with E-state index in [2.05, 4.69) is 14.8 Å². The van der Waals surface area contributed by atoms with E-state index in [0.29, 0.717) is 5.91 Å². The third kappa shape index (κ3) is 3.92. The van der Waals surface area contributed by atoms with Gasteiger partial charge in [0.2, 0.25) is 5.91 Å². The molecule has 0 radical (unpaired) electrons. The van der Waals surface area contributed by atoms with Crippen LogP contribution in [-0.2, 0) is 11.3 Å². The maximum absolute atomic E-state index is 12.6. The second-order valence-corrected chi connectivity index (χ2v) is 9.30. The first-order valence-electron chi connectivity index (χ1n) is 10.2. The number of rotatable bonds is 4. The molecule has 3 fully saturated rings. The van der Waals surface area contributed by atoms with Gasteiger partial charge in [-0.05, 0) is 51.0 Å². The van der Waals surface area contributed by atoms with Crippen LogP contribution in [0.4, 0.5) is 0 Å². The van der Waals surface area contributed by atoms with Gasteiger partial charge >= 0.3 is 0 Å². The number of carbonyl (C=O) groups is 1. The molecule has 2 saturated heterocycles. The van der Waals surface area contributed by atoms with Crippen molar-refractivity contribution in [1.82, 2.24) is 14.8 Å². The van der Waals surface area contributed by atoms with Crippen LogP contribution in [0.2, 0.25) is 0 Å². The summed E-state index contributed by atoms with van der Waals surface area (Å²) in [5.74, 6) is 1.27. The Balaban J connectivity index is 1.40. The Labute approximate surface area is 155 Å². The summed E-state index contributed by atoms with van der Waals surface area (Å²) in [5, 5.41) is 0. The van der Waals surface area contributed by atoms with Crippen LogP contribution in [0.25, 0.3) is 0 Å². The second kappa shape index (κ2) is 7.75. The van der Waals surface area contributed by atoms with E-state index in [0.717, 1.165) is 31.7 Å². The van der Waals surface area contributed by atoms with E-state index in [1.807, 2.05) is 11.7 Å². The zero-order valence-corrected chi connectivity index (χ0v) is 16.1. The van der Waals surface area contributed by atoms with Gasteiger partial charge in [-0.2, -0.15) is 0 Å². The number of nitrogens with zero attached hydrogens (tertiary/aromatic N) is 3. The maximum atomic E-state index is 12.6. The van der Waals surface area contributed by atoms with Crippen molar-refractivity contribution in [2.45, 2.75) is 76.3 Å². The van der Waals surface area contributed by atoms with Crippen LogP contribution in [0.5, 0.6) is 0 Å². The first kappa shape index (κ1) is 17.5. The van der Waals surface area contributed by atoms with Crippen LogP contribution in [0, 0.1) is 5.92 Å². The summed E-state index contributed by atoms with van der Waals surface area (Å²) in [4.78, 5) is 22.9. The molecule has 25 heavy (non-hydrogen) atoms. The third-order valence-electron chi connectivity index (χ3n) is 6.73. The number of aromatic nitrogens is 1. The lowest BCUT2D eigenvalue weighted by atomic mass is 9.87. The van der Waals surface area contributed by atoms with Crippen molar-refractivity contribution in [1.29, 1.82) is 0 Å². The fourth-order valence-corrected chi connectivity index (χ4v) is 5.86. The maximum Gasteiger partial charge on any atom is 0.223 e. The fourth-order valence-electron chi connectivity index (χ4n) is 5.28. The van der Waals surface area contributed by atoms with Gasteiger partial charge in [0, 0.05) is 36.1 Å². The van der Waals surface area contributed by atoms with E-state index in [4.69, 9.17) is 0 Å². The number of hydrogen-bond donors (Lipinski definition) is 0. The largest absolute Gasteiger partial charge is 0.332 e. The minimum atomic E-state index is 0.113. The Morgan fingerprint density at radius 2 is 2.00 bits per heavy atom. The molecule has 1 aromatic rings. The molecule has 1 saturated carbocycles. The van der Waals surface area contributed by atoms with Crippen molar-refractivity contribution >= 4 is 17.2 Å². The van der Waals surface area contributed by atoms with Crippen molar-refractivity contribution in [2.75, 3.05) is 19.6 Å². The SMILES string of the molecule is O=C1CCC2(CCCN(CC3CCCCC3)CC2)N1Cc1cncs1. The van der Waals surface area contributed by atoms with Crippen LogP contribution in [0.3, 0.4) is 0 Å². The van der Waals surface area contributed by atoms with Crippen LogP contribution in [0.1, 0.15) is 69.1 Å². The van der Waals surface area contributed by atoms with Gasteiger partial charge in [-0.3, -0.25) is 9.78 Å². The van der Waals surface area contributed by atoms with E-state index in [1.54, 1.807) is 11.3 Å². The van der Waals surface area contributed by atoms with Gasteiger partial charge in [0.05, 0.1) is 12.1 Å². The van der Waals surface area contributed by atoms with Crippen molar-refractivity contribution in [3.63, 3.8) is 0 Å². The monoisotopic (exact) mass is 361 g/mol. The van der Waals surface area contributed by atoms with Gasteiger partial charge in [0.25, 0.3) is 0 Å². The molecule has 5 heteroatoms. The summed E-state index contributed by atoms with van der Waals surface area (Å²) in [6.45, 7) is 4.45. The number of likely N-dealkylation sites (tertiary alicyclic amines) is 2. The predicted octanol–water partition coefficient (Wildman–Crippen LogP) is 4.07. The van der Waals surface area contributed by atoms with Crippen molar-refractivity contribution in [3.8, 4) is 0 Å². The molecule has 4 rings (SSSR count). The van der Waals surface area contributed by atoms with E-state index in [1.165, 1.54) is 69.5 Å². The summed E-state index contributed by atoms with van der Waals surface area (Å²) in [7, 11) is 0. The van der Waals surface area contributed by atoms with E-state index in [-0.39, 0.29) is 5.54 Å². The lowest BCUT2D eigenvalue weighted by Crippen LogP contribution is -2.46. The average molecular weight is 362 g/mol. The van der Waals surface area contributed by atoms with Gasteiger partial charge < -0.3 is 9.80 Å². The summed E-state index contributed by atoms with van der Waals surface area (Å²) in [5.41, 5.74) is 1.99. The minimum absolute atomic E-state index is 0.113. The molecule has 1 spiro atoms. The average Bonchev–Trinajstić information content (AvgIpc) is 3.19. The van der Waals surface area contributed by atoms with E-state index < -0.39 is 0 Å². The van der Waals surface area contributed by atoms with Crippen LogP contribution in [-0.4, -0.2) is 45.9 Å². The minimum Gasteiger partial charge on any atom is -0.332 e. The quantitative estimate of drug-likeness (QED) is 0.811. The normalized spacial score (nSPS) is 29.4. The van der Waals surface area contributed by atoms with Gasteiger partial charge in [0.15, 0.2) is 0 Å². The van der Waals surface area contributed by atoms with Gasteiger partial charge in [0.1, 0.15) is 0 Å². The lowest BCUT2D eigenvalue weighted by molar-refractivity contribution is -0.132. The molecular weight excluding hydrogens is 330 g/mol. The Morgan fingerprint density at radius 3 is 2.80 bits per heavy atom. The standard InChI is InChI=1S/C20H31N3OS/c24-19-7-9-20(23(19)15-18-13-21-16-25-18)8-4-11-22(12-10-20)14-17-5-2-1-3-6-17/h13,16-17H,1-12,14-15H2. The molecule has 1 aromatic heterocycles. The molecular formula is C20H31N3OS. The van der Waals surface area contributed by atoms with Crippen molar-refractivity contribution in [3.05, 3.63) is 16.6 Å². The molecule has 3 heterocycles. The molecule has 2 aliphatic heterocycles. The zero-order valence-electron chi connectivity index (χ0n) is 15.3. The molecule has 1 atom stereocenters. The Kier molecular flexibility index (Phi) is 5.41. The van der Waals surface area contributed by atoms with Gasteiger partial charge in [-0.1, -0.05) is 19.3 Å². The second-order valence-electron chi connectivity index (χ2n) is 8.33. The molecule has 1 amide bonds. The molecule has 1 unspecified atom stereocenters. The number of amides is 1. The fraction of sp³-hybridized carbons (Fsp3) is 0.800.